The molecular formula is C22H25N3O5S2. The van der Waals surface area contributed by atoms with Crippen molar-refractivity contribution in [1.29, 1.82) is 0 Å². The number of carbonyl (C=O) groups is 1. The number of hydrogen-bond donors (Lipinski definition) is 2. The van der Waals surface area contributed by atoms with Gasteiger partial charge >= 0.3 is 0 Å². The summed E-state index contributed by atoms with van der Waals surface area (Å²) in [6.45, 7) is 1.59. The lowest BCUT2D eigenvalue weighted by molar-refractivity contribution is -0.121. The minimum atomic E-state index is -3.62. The number of thiazole rings is 1. The maximum Gasteiger partial charge on any atom is 0.240 e. The number of nitrogens with zero attached hydrogens (tertiary/aromatic N) is 1. The predicted molar refractivity (Wildman–Crippen MR) is 123 cm³/mol. The molecule has 1 aromatic heterocycles. The molecule has 1 amide bonds. The van der Waals surface area contributed by atoms with Crippen molar-refractivity contribution in [1.82, 2.24) is 15.0 Å². The van der Waals surface area contributed by atoms with E-state index in [-0.39, 0.29) is 10.8 Å². The number of aromatic nitrogens is 1. The maximum absolute atomic E-state index is 12.5. The number of para-hydroxylation sites is 1. The van der Waals surface area contributed by atoms with E-state index in [9.17, 15) is 13.2 Å². The van der Waals surface area contributed by atoms with Gasteiger partial charge in [-0.1, -0.05) is 18.6 Å². The van der Waals surface area contributed by atoms with Gasteiger partial charge in [0.05, 0.1) is 21.7 Å². The molecule has 0 spiro atoms. The molecule has 8 nitrogen and oxygen atoms in total. The lowest BCUT2D eigenvalue weighted by Crippen LogP contribution is -2.25. The molecule has 0 aliphatic carbocycles. The zero-order chi connectivity index (χ0) is 22.4. The molecule has 2 N–H and O–H groups in total. The van der Waals surface area contributed by atoms with Gasteiger partial charge in [0.15, 0.2) is 11.5 Å². The molecule has 3 aromatic rings. The Bertz CT molecular complexity index is 1160. The van der Waals surface area contributed by atoms with Crippen LogP contribution in [0.3, 0.4) is 0 Å². The van der Waals surface area contributed by atoms with E-state index in [2.05, 4.69) is 15.0 Å². The summed E-state index contributed by atoms with van der Waals surface area (Å²) in [6.07, 6.45) is 2.49. The Hall–Kier alpha value is -2.69. The number of benzene rings is 2. The summed E-state index contributed by atoms with van der Waals surface area (Å²) in [5.74, 6) is 0.966. The van der Waals surface area contributed by atoms with Gasteiger partial charge in [-0.05, 0) is 37.1 Å². The van der Waals surface area contributed by atoms with Crippen molar-refractivity contribution in [3.63, 3.8) is 0 Å². The van der Waals surface area contributed by atoms with Crippen LogP contribution in [0.1, 0.15) is 30.7 Å². The van der Waals surface area contributed by atoms with E-state index in [0.29, 0.717) is 57.1 Å². The third-order valence-electron chi connectivity index (χ3n) is 4.97. The van der Waals surface area contributed by atoms with E-state index in [4.69, 9.17) is 9.47 Å². The SMILES string of the molecule is O=C(CCCCCNS(=O)(=O)c1ccc2c(c1)OCCO2)NCc1nc2ccccc2s1. The van der Waals surface area contributed by atoms with Gasteiger partial charge < -0.3 is 14.8 Å². The summed E-state index contributed by atoms with van der Waals surface area (Å²) >= 11 is 1.58. The van der Waals surface area contributed by atoms with Gasteiger partial charge in [-0.2, -0.15) is 0 Å². The molecule has 2 aromatic carbocycles. The van der Waals surface area contributed by atoms with Gasteiger partial charge in [0.2, 0.25) is 15.9 Å². The highest BCUT2D eigenvalue weighted by molar-refractivity contribution is 7.89. The summed E-state index contributed by atoms with van der Waals surface area (Å²) in [6, 6.07) is 12.5. The second kappa shape index (κ2) is 10.3. The monoisotopic (exact) mass is 475 g/mol. The fourth-order valence-electron chi connectivity index (χ4n) is 3.33. The highest BCUT2D eigenvalue weighted by Gasteiger charge is 2.19. The standard InChI is InChI=1S/C22H25N3O5S2/c26-21(23-15-22-25-17-6-3-4-7-20(17)31-22)8-2-1-5-11-24-32(27,28)16-9-10-18-19(14-16)30-13-12-29-18/h3-4,6-7,9-10,14,24H,1-2,5,8,11-13,15H2,(H,23,26). The first-order chi connectivity index (χ1) is 15.5. The molecule has 0 saturated heterocycles. The third-order valence-corrected chi connectivity index (χ3v) is 7.47. The van der Waals surface area contributed by atoms with Crippen molar-refractivity contribution in [2.45, 2.75) is 37.1 Å². The van der Waals surface area contributed by atoms with Crippen molar-refractivity contribution in [3.05, 3.63) is 47.5 Å². The number of carbonyl (C=O) groups excluding carboxylic acids is 1. The highest BCUT2D eigenvalue weighted by atomic mass is 32.2. The zero-order valence-electron chi connectivity index (χ0n) is 17.5. The molecule has 2 heterocycles. The summed E-state index contributed by atoms with van der Waals surface area (Å²) in [7, 11) is -3.62. The summed E-state index contributed by atoms with van der Waals surface area (Å²) in [4.78, 5) is 16.7. The van der Waals surface area contributed by atoms with Crippen LogP contribution in [0.2, 0.25) is 0 Å². The van der Waals surface area contributed by atoms with E-state index in [1.807, 2.05) is 24.3 Å². The molecule has 0 unspecified atom stereocenters. The van der Waals surface area contributed by atoms with Crippen molar-refractivity contribution < 1.29 is 22.7 Å². The fraction of sp³-hybridized carbons (Fsp3) is 0.364. The van der Waals surface area contributed by atoms with Crippen LogP contribution in [0.4, 0.5) is 0 Å². The summed E-state index contributed by atoms with van der Waals surface area (Å²) < 4.78 is 39.5. The van der Waals surface area contributed by atoms with E-state index in [0.717, 1.165) is 21.6 Å². The number of hydrogen-bond acceptors (Lipinski definition) is 7. The quantitative estimate of drug-likeness (QED) is 0.436. The predicted octanol–water partition coefficient (Wildman–Crippen LogP) is 3.22. The number of sulfonamides is 1. The Labute approximate surface area is 191 Å². The minimum absolute atomic E-state index is 0.0267. The van der Waals surface area contributed by atoms with Gasteiger partial charge in [-0.3, -0.25) is 4.79 Å². The Morgan fingerprint density at radius 3 is 2.69 bits per heavy atom. The number of fused-ring (bicyclic) bond motifs is 2. The molecular weight excluding hydrogens is 450 g/mol. The average molecular weight is 476 g/mol. The van der Waals surface area contributed by atoms with Crippen molar-refractivity contribution in [3.8, 4) is 11.5 Å². The molecule has 1 aliphatic rings. The molecule has 32 heavy (non-hydrogen) atoms. The Morgan fingerprint density at radius 2 is 1.84 bits per heavy atom. The third kappa shape index (κ3) is 5.76. The smallest absolute Gasteiger partial charge is 0.240 e. The van der Waals surface area contributed by atoms with Crippen LogP contribution in [0, 0.1) is 0 Å². The van der Waals surface area contributed by atoms with Crippen molar-refractivity contribution in [2.24, 2.45) is 0 Å². The average Bonchev–Trinajstić information content (AvgIpc) is 3.22. The highest BCUT2D eigenvalue weighted by Crippen LogP contribution is 2.32. The second-order valence-corrected chi connectivity index (χ2v) is 10.2. The number of nitrogens with one attached hydrogen (secondary N) is 2. The summed E-state index contributed by atoms with van der Waals surface area (Å²) in [5, 5.41) is 3.78. The van der Waals surface area contributed by atoms with E-state index >= 15 is 0 Å². The summed E-state index contributed by atoms with van der Waals surface area (Å²) in [5.41, 5.74) is 0.945. The van der Waals surface area contributed by atoms with E-state index < -0.39 is 10.0 Å². The lowest BCUT2D eigenvalue weighted by Gasteiger charge is -2.18. The van der Waals surface area contributed by atoms with Gasteiger partial charge in [-0.15, -0.1) is 11.3 Å². The zero-order valence-corrected chi connectivity index (χ0v) is 19.1. The first-order valence-corrected chi connectivity index (χ1v) is 12.8. The lowest BCUT2D eigenvalue weighted by atomic mass is 10.2. The van der Waals surface area contributed by atoms with Crippen LogP contribution in [0.25, 0.3) is 10.2 Å². The Balaban J connectivity index is 1.13. The van der Waals surface area contributed by atoms with E-state index in [1.54, 1.807) is 17.4 Å². The second-order valence-electron chi connectivity index (χ2n) is 7.37. The van der Waals surface area contributed by atoms with E-state index in [1.165, 1.54) is 12.1 Å². The number of unbranched alkanes of at least 4 members (excludes halogenated alkanes) is 2. The van der Waals surface area contributed by atoms with Crippen LogP contribution in [-0.4, -0.2) is 39.1 Å². The molecule has 0 bridgehead atoms. The van der Waals surface area contributed by atoms with Crippen LogP contribution < -0.4 is 19.5 Å². The normalized spacial score (nSPS) is 13.2. The van der Waals surface area contributed by atoms with Crippen LogP contribution in [-0.2, 0) is 21.4 Å². The molecule has 4 rings (SSSR count). The Kier molecular flexibility index (Phi) is 7.23. The first kappa shape index (κ1) is 22.5. The maximum atomic E-state index is 12.5. The van der Waals surface area contributed by atoms with Crippen molar-refractivity contribution in [2.75, 3.05) is 19.8 Å². The molecule has 0 radical (unpaired) electrons. The van der Waals surface area contributed by atoms with Gasteiger partial charge in [-0.25, -0.2) is 18.1 Å². The van der Waals surface area contributed by atoms with Gasteiger partial charge in [0.25, 0.3) is 0 Å². The van der Waals surface area contributed by atoms with Crippen LogP contribution in [0.5, 0.6) is 11.5 Å². The molecule has 170 valence electrons. The van der Waals surface area contributed by atoms with Gasteiger partial charge in [0.1, 0.15) is 18.2 Å². The number of rotatable bonds is 10. The molecule has 0 atom stereocenters. The molecule has 1 aliphatic heterocycles. The number of amides is 1. The van der Waals surface area contributed by atoms with Gasteiger partial charge in [0, 0.05) is 19.0 Å². The number of ether oxygens (including phenoxy) is 2. The van der Waals surface area contributed by atoms with Crippen molar-refractivity contribution >= 4 is 37.5 Å². The Morgan fingerprint density at radius 1 is 1.03 bits per heavy atom. The largest absolute Gasteiger partial charge is 0.486 e. The molecule has 0 saturated carbocycles. The van der Waals surface area contributed by atoms with Crippen LogP contribution >= 0.6 is 11.3 Å². The van der Waals surface area contributed by atoms with Crippen LogP contribution in [0.15, 0.2) is 47.4 Å². The minimum Gasteiger partial charge on any atom is -0.486 e. The first-order valence-electron chi connectivity index (χ1n) is 10.5. The molecule has 0 fully saturated rings. The fourth-order valence-corrected chi connectivity index (χ4v) is 5.32. The molecule has 10 heteroatoms. The topological polar surface area (TPSA) is 107 Å².